The van der Waals surface area contributed by atoms with Gasteiger partial charge in [0, 0.05) is 11.9 Å². The molecule has 1 aromatic carbocycles. The molecule has 18 heavy (non-hydrogen) atoms. The molecule has 1 heterocycles. The van der Waals surface area contributed by atoms with Crippen molar-refractivity contribution >= 4 is 28.3 Å². The van der Waals surface area contributed by atoms with Crippen LogP contribution in [0.1, 0.15) is 18.7 Å². The van der Waals surface area contributed by atoms with Gasteiger partial charge in [0.2, 0.25) is 0 Å². The average molecular weight is 260 g/mol. The summed E-state index contributed by atoms with van der Waals surface area (Å²) in [5.74, 6) is 0.874. The molecule has 0 fully saturated rings. The van der Waals surface area contributed by atoms with Crippen LogP contribution in [0, 0.1) is 0 Å². The molecular formula is C14H16N2OS. The highest BCUT2D eigenvalue weighted by atomic mass is 32.1. The molecule has 2 N–H and O–H groups in total. The summed E-state index contributed by atoms with van der Waals surface area (Å²) in [4.78, 5) is 0. The number of fused-ring (bicyclic) bond motifs is 1. The third-order valence-corrected chi connectivity index (χ3v) is 2.89. The summed E-state index contributed by atoms with van der Waals surface area (Å²) in [6.07, 6.45) is 1.76. The lowest BCUT2D eigenvalue weighted by Crippen LogP contribution is -2.36. The van der Waals surface area contributed by atoms with Crippen LogP contribution in [0.15, 0.2) is 47.4 Å². The first kappa shape index (κ1) is 12.6. The Morgan fingerprint density at radius 3 is 3.00 bits per heavy atom. The average Bonchev–Trinajstić information content (AvgIpc) is 2.80. The topological polar surface area (TPSA) is 37.2 Å². The summed E-state index contributed by atoms with van der Waals surface area (Å²) in [7, 11) is 0. The normalized spacial score (nSPS) is 12.1. The molecule has 94 valence electrons. The second-order valence-electron chi connectivity index (χ2n) is 4.05. The van der Waals surface area contributed by atoms with E-state index in [-0.39, 0.29) is 6.04 Å². The van der Waals surface area contributed by atoms with Crippen LogP contribution in [-0.4, -0.2) is 11.7 Å². The van der Waals surface area contributed by atoms with E-state index in [9.17, 15) is 0 Å². The van der Waals surface area contributed by atoms with E-state index in [4.69, 9.17) is 16.6 Å². The minimum Gasteiger partial charge on any atom is -0.459 e. The minimum atomic E-state index is 0.0298. The van der Waals surface area contributed by atoms with Crippen LogP contribution in [0.3, 0.4) is 0 Å². The molecule has 1 unspecified atom stereocenters. The molecule has 3 nitrogen and oxygen atoms in total. The molecule has 0 bridgehead atoms. The van der Waals surface area contributed by atoms with E-state index >= 15 is 0 Å². The highest BCUT2D eigenvalue weighted by Gasteiger charge is 2.11. The Morgan fingerprint density at radius 1 is 1.50 bits per heavy atom. The van der Waals surface area contributed by atoms with Crippen LogP contribution in [-0.2, 0) is 0 Å². The van der Waals surface area contributed by atoms with E-state index in [0.29, 0.717) is 11.7 Å². The van der Waals surface area contributed by atoms with E-state index in [0.717, 1.165) is 16.7 Å². The van der Waals surface area contributed by atoms with Gasteiger partial charge in [0.25, 0.3) is 0 Å². The van der Waals surface area contributed by atoms with Crippen molar-refractivity contribution in [3.8, 4) is 0 Å². The molecule has 0 saturated heterocycles. The molecule has 2 aromatic rings. The van der Waals surface area contributed by atoms with Crippen LogP contribution in [0.2, 0.25) is 0 Å². The van der Waals surface area contributed by atoms with Crippen molar-refractivity contribution in [2.24, 2.45) is 0 Å². The zero-order valence-electron chi connectivity index (χ0n) is 10.3. The number of hydrogen-bond acceptors (Lipinski definition) is 2. The fourth-order valence-corrected chi connectivity index (χ4v) is 1.96. The molecule has 4 heteroatoms. The van der Waals surface area contributed by atoms with Crippen molar-refractivity contribution < 1.29 is 4.42 Å². The molecule has 1 atom stereocenters. The monoisotopic (exact) mass is 260 g/mol. The van der Waals surface area contributed by atoms with Gasteiger partial charge < -0.3 is 15.1 Å². The van der Waals surface area contributed by atoms with Crippen LogP contribution in [0.5, 0.6) is 0 Å². The third-order valence-electron chi connectivity index (χ3n) is 2.63. The Morgan fingerprint density at radius 2 is 2.28 bits per heavy atom. The summed E-state index contributed by atoms with van der Waals surface area (Å²) in [5.41, 5.74) is 0.895. The number of rotatable bonds is 4. The van der Waals surface area contributed by atoms with Gasteiger partial charge in [0.1, 0.15) is 11.3 Å². The quantitative estimate of drug-likeness (QED) is 0.654. The first-order valence-corrected chi connectivity index (χ1v) is 6.25. The van der Waals surface area contributed by atoms with Gasteiger partial charge in [-0.05, 0) is 31.3 Å². The summed E-state index contributed by atoms with van der Waals surface area (Å²) >= 11 is 5.16. The highest BCUT2D eigenvalue weighted by Crippen LogP contribution is 2.23. The van der Waals surface area contributed by atoms with E-state index in [1.807, 2.05) is 37.3 Å². The zero-order valence-corrected chi connectivity index (χ0v) is 11.1. The Hall–Kier alpha value is -1.81. The summed E-state index contributed by atoms with van der Waals surface area (Å²) in [5, 5.41) is 7.90. The maximum atomic E-state index is 5.77. The van der Waals surface area contributed by atoms with Crippen LogP contribution in [0.25, 0.3) is 11.0 Å². The predicted octanol–water partition coefficient (Wildman–Crippen LogP) is 3.14. The lowest BCUT2D eigenvalue weighted by Gasteiger charge is -2.14. The van der Waals surface area contributed by atoms with Crippen LogP contribution < -0.4 is 10.6 Å². The standard InChI is InChI=1S/C14H16N2OS/c1-3-8-15-14(18)16-10(2)13-9-11-6-4-5-7-12(11)17-13/h3-7,9-10H,1,8H2,2H3,(H2,15,16,18). The first-order chi connectivity index (χ1) is 8.70. The van der Waals surface area contributed by atoms with Crippen LogP contribution in [0.4, 0.5) is 0 Å². The SMILES string of the molecule is C=CCNC(=S)NC(C)c1cc2ccccc2o1. The van der Waals surface area contributed by atoms with Gasteiger partial charge in [-0.15, -0.1) is 6.58 Å². The predicted molar refractivity (Wildman–Crippen MR) is 78.6 cm³/mol. The number of para-hydroxylation sites is 1. The number of benzene rings is 1. The molecule has 0 amide bonds. The Bertz CT molecular complexity index is 529. The van der Waals surface area contributed by atoms with Gasteiger partial charge in [-0.3, -0.25) is 0 Å². The van der Waals surface area contributed by atoms with E-state index in [1.165, 1.54) is 0 Å². The number of furan rings is 1. The molecule has 0 aliphatic carbocycles. The number of nitrogens with one attached hydrogen (secondary N) is 2. The van der Waals surface area contributed by atoms with Crippen molar-refractivity contribution in [3.63, 3.8) is 0 Å². The van der Waals surface area contributed by atoms with Gasteiger partial charge in [0.15, 0.2) is 5.11 Å². The van der Waals surface area contributed by atoms with Gasteiger partial charge in [-0.25, -0.2) is 0 Å². The second-order valence-corrected chi connectivity index (χ2v) is 4.46. The molecular weight excluding hydrogens is 244 g/mol. The van der Waals surface area contributed by atoms with E-state index < -0.39 is 0 Å². The molecule has 2 rings (SSSR count). The Balaban J connectivity index is 2.06. The number of thiocarbonyl (C=S) groups is 1. The van der Waals surface area contributed by atoms with E-state index in [2.05, 4.69) is 17.2 Å². The molecule has 0 spiro atoms. The fraction of sp³-hybridized carbons (Fsp3) is 0.214. The Labute approximate surface area is 112 Å². The van der Waals surface area contributed by atoms with E-state index in [1.54, 1.807) is 6.08 Å². The molecule has 1 aromatic heterocycles. The van der Waals surface area contributed by atoms with Crippen molar-refractivity contribution in [1.82, 2.24) is 10.6 Å². The molecule has 0 radical (unpaired) electrons. The van der Waals surface area contributed by atoms with Crippen molar-refractivity contribution in [1.29, 1.82) is 0 Å². The second kappa shape index (κ2) is 5.69. The molecule has 0 saturated carbocycles. The smallest absolute Gasteiger partial charge is 0.167 e. The lowest BCUT2D eigenvalue weighted by molar-refractivity contribution is 0.491. The minimum absolute atomic E-state index is 0.0298. The van der Waals surface area contributed by atoms with Crippen LogP contribution >= 0.6 is 12.2 Å². The largest absolute Gasteiger partial charge is 0.459 e. The lowest BCUT2D eigenvalue weighted by atomic mass is 10.2. The van der Waals surface area contributed by atoms with Crippen molar-refractivity contribution in [2.75, 3.05) is 6.54 Å². The van der Waals surface area contributed by atoms with Gasteiger partial charge in [0.05, 0.1) is 6.04 Å². The number of hydrogen-bond donors (Lipinski definition) is 2. The first-order valence-electron chi connectivity index (χ1n) is 5.84. The molecule has 0 aliphatic rings. The zero-order chi connectivity index (χ0) is 13.0. The third kappa shape index (κ3) is 2.90. The molecule has 0 aliphatic heterocycles. The van der Waals surface area contributed by atoms with Crippen molar-refractivity contribution in [2.45, 2.75) is 13.0 Å². The maximum absolute atomic E-state index is 5.77. The summed E-state index contributed by atoms with van der Waals surface area (Å²) < 4.78 is 5.77. The summed E-state index contributed by atoms with van der Waals surface area (Å²) in [6.45, 7) is 6.30. The Kier molecular flexibility index (Phi) is 3.99. The van der Waals surface area contributed by atoms with Gasteiger partial charge in [-0.1, -0.05) is 24.3 Å². The highest BCUT2D eigenvalue weighted by molar-refractivity contribution is 7.80. The van der Waals surface area contributed by atoms with Gasteiger partial charge >= 0.3 is 0 Å². The van der Waals surface area contributed by atoms with Crippen molar-refractivity contribution in [3.05, 3.63) is 48.7 Å². The maximum Gasteiger partial charge on any atom is 0.167 e. The van der Waals surface area contributed by atoms with Gasteiger partial charge in [-0.2, -0.15) is 0 Å². The summed E-state index contributed by atoms with van der Waals surface area (Å²) in [6, 6.07) is 10.0. The fourth-order valence-electron chi connectivity index (χ4n) is 1.70.